The van der Waals surface area contributed by atoms with Crippen molar-refractivity contribution in [2.24, 2.45) is 5.92 Å². The van der Waals surface area contributed by atoms with E-state index in [-0.39, 0.29) is 23.3 Å². The summed E-state index contributed by atoms with van der Waals surface area (Å²) in [5.41, 5.74) is 2.81. The van der Waals surface area contributed by atoms with Gasteiger partial charge in [0.05, 0.1) is 17.0 Å². The Kier molecular flexibility index (Phi) is 5.99. The van der Waals surface area contributed by atoms with Crippen molar-refractivity contribution in [3.05, 3.63) is 36.0 Å². The Balaban J connectivity index is 1.67. The molecule has 0 aliphatic carbocycles. The Bertz CT molecular complexity index is 927. The Hall–Kier alpha value is -2.15. The number of aryl methyl sites for hydroxylation is 1. The molecule has 27 heavy (non-hydrogen) atoms. The molecule has 2 heterocycles. The van der Waals surface area contributed by atoms with E-state index in [1.165, 1.54) is 0 Å². The van der Waals surface area contributed by atoms with Crippen molar-refractivity contribution in [1.82, 2.24) is 10.3 Å². The maximum absolute atomic E-state index is 12.5. The van der Waals surface area contributed by atoms with Crippen molar-refractivity contribution < 1.29 is 13.2 Å². The Labute approximate surface area is 160 Å². The molecule has 2 unspecified atom stereocenters. The summed E-state index contributed by atoms with van der Waals surface area (Å²) >= 11 is 0. The summed E-state index contributed by atoms with van der Waals surface area (Å²) in [6, 6.07) is 9.47. The molecule has 2 aromatic rings. The van der Waals surface area contributed by atoms with Crippen molar-refractivity contribution in [2.75, 3.05) is 23.4 Å². The average molecular weight is 390 g/mol. The lowest BCUT2D eigenvalue weighted by atomic mass is 10.1. The number of sulfone groups is 1. The minimum atomic E-state index is -2.92. The van der Waals surface area contributed by atoms with Gasteiger partial charge in [0, 0.05) is 23.3 Å². The second kappa shape index (κ2) is 8.25. The zero-order valence-electron chi connectivity index (χ0n) is 15.9. The molecule has 0 spiro atoms. The number of carbonyl (C=O) groups is 1. The number of nitrogens with one attached hydrogen (secondary N) is 2. The number of rotatable bonds is 7. The van der Waals surface area contributed by atoms with Crippen LogP contribution in [-0.2, 0) is 21.1 Å². The largest absolute Gasteiger partial charge is 0.373 e. The molecule has 1 aromatic heterocycles. The zero-order valence-corrected chi connectivity index (χ0v) is 16.7. The topological polar surface area (TPSA) is 88.2 Å². The fourth-order valence-corrected chi connectivity index (χ4v) is 5.33. The molecule has 0 saturated carbocycles. The van der Waals surface area contributed by atoms with Crippen LogP contribution in [-0.4, -0.2) is 43.4 Å². The first kappa shape index (κ1) is 19.6. The van der Waals surface area contributed by atoms with E-state index in [4.69, 9.17) is 0 Å². The molecule has 2 atom stereocenters. The van der Waals surface area contributed by atoms with Crippen LogP contribution in [0.5, 0.6) is 0 Å². The molecular formula is C20H27N3O3S. The summed E-state index contributed by atoms with van der Waals surface area (Å²) in [6.07, 6.45) is 2.52. The van der Waals surface area contributed by atoms with E-state index < -0.39 is 15.9 Å². The Morgan fingerprint density at radius 2 is 2.11 bits per heavy atom. The Morgan fingerprint density at radius 1 is 1.33 bits per heavy atom. The van der Waals surface area contributed by atoms with E-state index in [9.17, 15) is 13.2 Å². The normalized spacial score (nSPS) is 19.7. The van der Waals surface area contributed by atoms with E-state index in [0.29, 0.717) is 13.0 Å². The number of para-hydroxylation sites is 1. The standard InChI is InChI=1S/C20H27N3O3S/c1-3-6-16-11-19(17-7-4-5-8-18(17)23-16)22-14(2)20(24)21-12-15-9-10-27(25,26)13-15/h4-5,7-8,11,14-15H,3,6,9-10,12-13H2,1-2H3,(H,21,24)(H,22,23). The molecule has 1 amide bonds. The molecule has 3 rings (SSSR count). The van der Waals surface area contributed by atoms with Gasteiger partial charge >= 0.3 is 0 Å². The highest BCUT2D eigenvalue weighted by Crippen LogP contribution is 2.24. The number of fused-ring (bicyclic) bond motifs is 1. The van der Waals surface area contributed by atoms with Gasteiger partial charge in [0.2, 0.25) is 5.91 Å². The van der Waals surface area contributed by atoms with Gasteiger partial charge in [0.15, 0.2) is 9.84 Å². The van der Waals surface area contributed by atoms with Gasteiger partial charge < -0.3 is 10.6 Å². The van der Waals surface area contributed by atoms with Gasteiger partial charge in [-0.3, -0.25) is 9.78 Å². The molecule has 0 bridgehead atoms. The third-order valence-corrected chi connectivity index (χ3v) is 6.77. The smallest absolute Gasteiger partial charge is 0.242 e. The molecule has 1 fully saturated rings. The number of aromatic nitrogens is 1. The molecule has 1 aliphatic rings. The molecular weight excluding hydrogens is 362 g/mol. The minimum Gasteiger partial charge on any atom is -0.373 e. The number of pyridine rings is 1. The maximum atomic E-state index is 12.5. The number of amides is 1. The molecule has 7 heteroatoms. The monoisotopic (exact) mass is 389 g/mol. The number of hydrogen-bond donors (Lipinski definition) is 2. The number of carbonyl (C=O) groups excluding carboxylic acids is 1. The van der Waals surface area contributed by atoms with E-state index in [1.54, 1.807) is 0 Å². The zero-order chi connectivity index (χ0) is 19.4. The number of benzene rings is 1. The van der Waals surface area contributed by atoms with Crippen LogP contribution >= 0.6 is 0 Å². The van der Waals surface area contributed by atoms with E-state index in [1.807, 2.05) is 37.3 Å². The first-order valence-corrected chi connectivity index (χ1v) is 11.3. The first-order chi connectivity index (χ1) is 12.9. The number of hydrogen-bond acceptors (Lipinski definition) is 5. The van der Waals surface area contributed by atoms with Crippen LogP contribution in [0.2, 0.25) is 0 Å². The summed E-state index contributed by atoms with van der Waals surface area (Å²) < 4.78 is 23.1. The first-order valence-electron chi connectivity index (χ1n) is 9.51. The molecule has 6 nitrogen and oxygen atoms in total. The van der Waals surface area contributed by atoms with Crippen molar-refractivity contribution >= 4 is 32.3 Å². The fourth-order valence-electron chi connectivity index (χ4n) is 3.46. The highest BCUT2D eigenvalue weighted by Gasteiger charge is 2.28. The lowest BCUT2D eigenvalue weighted by molar-refractivity contribution is -0.121. The quantitative estimate of drug-likeness (QED) is 0.760. The van der Waals surface area contributed by atoms with Crippen LogP contribution in [0.4, 0.5) is 5.69 Å². The number of nitrogens with zero attached hydrogens (tertiary/aromatic N) is 1. The number of anilines is 1. The predicted octanol–water partition coefficient (Wildman–Crippen LogP) is 2.54. The van der Waals surface area contributed by atoms with E-state index >= 15 is 0 Å². The van der Waals surface area contributed by atoms with Crippen LogP contribution in [0.25, 0.3) is 10.9 Å². The van der Waals surface area contributed by atoms with Gasteiger partial charge in [0.1, 0.15) is 6.04 Å². The molecule has 146 valence electrons. The lowest BCUT2D eigenvalue weighted by Crippen LogP contribution is -2.40. The highest BCUT2D eigenvalue weighted by molar-refractivity contribution is 7.91. The van der Waals surface area contributed by atoms with E-state index in [2.05, 4.69) is 22.5 Å². The van der Waals surface area contributed by atoms with Crippen LogP contribution in [0.1, 0.15) is 32.4 Å². The lowest BCUT2D eigenvalue weighted by Gasteiger charge is -2.18. The van der Waals surface area contributed by atoms with Gasteiger partial charge in [-0.25, -0.2) is 8.42 Å². The SMILES string of the molecule is CCCc1cc(NC(C)C(=O)NCC2CCS(=O)(=O)C2)c2ccccc2n1. The molecule has 1 aromatic carbocycles. The van der Waals surface area contributed by atoms with Gasteiger partial charge in [-0.15, -0.1) is 0 Å². The second-order valence-corrected chi connectivity index (χ2v) is 9.54. The van der Waals surface area contributed by atoms with Crippen LogP contribution in [0.15, 0.2) is 30.3 Å². The molecule has 1 aliphatic heterocycles. The highest BCUT2D eigenvalue weighted by atomic mass is 32.2. The third-order valence-electron chi connectivity index (χ3n) is 4.93. The minimum absolute atomic E-state index is 0.0177. The summed E-state index contributed by atoms with van der Waals surface area (Å²) in [5, 5.41) is 7.18. The molecule has 0 radical (unpaired) electrons. The maximum Gasteiger partial charge on any atom is 0.242 e. The van der Waals surface area contributed by atoms with Crippen LogP contribution in [0, 0.1) is 5.92 Å². The van der Waals surface area contributed by atoms with Gasteiger partial charge in [0.25, 0.3) is 0 Å². The van der Waals surface area contributed by atoms with Gasteiger partial charge in [-0.1, -0.05) is 31.5 Å². The van der Waals surface area contributed by atoms with Crippen molar-refractivity contribution in [2.45, 2.75) is 39.2 Å². The predicted molar refractivity (Wildman–Crippen MR) is 109 cm³/mol. The summed E-state index contributed by atoms with van der Waals surface area (Å²) in [6.45, 7) is 4.33. The summed E-state index contributed by atoms with van der Waals surface area (Å²) in [4.78, 5) is 17.2. The fraction of sp³-hybridized carbons (Fsp3) is 0.500. The molecule has 1 saturated heterocycles. The van der Waals surface area contributed by atoms with Crippen molar-refractivity contribution in [3.63, 3.8) is 0 Å². The van der Waals surface area contributed by atoms with E-state index in [0.717, 1.165) is 35.1 Å². The van der Waals surface area contributed by atoms with Crippen LogP contribution in [0.3, 0.4) is 0 Å². The van der Waals surface area contributed by atoms with Crippen molar-refractivity contribution in [3.8, 4) is 0 Å². The van der Waals surface area contributed by atoms with Gasteiger partial charge in [-0.05, 0) is 37.8 Å². The second-order valence-electron chi connectivity index (χ2n) is 7.31. The Morgan fingerprint density at radius 3 is 2.81 bits per heavy atom. The summed E-state index contributed by atoms with van der Waals surface area (Å²) in [5.74, 6) is 0.288. The third kappa shape index (κ3) is 4.97. The van der Waals surface area contributed by atoms with Gasteiger partial charge in [-0.2, -0.15) is 0 Å². The van der Waals surface area contributed by atoms with Crippen LogP contribution < -0.4 is 10.6 Å². The summed E-state index contributed by atoms with van der Waals surface area (Å²) in [7, 11) is -2.92. The van der Waals surface area contributed by atoms with Crippen molar-refractivity contribution in [1.29, 1.82) is 0 Å². The molecule has 2 N–H and O–H groups in total. The average Bonchev–Trinajstić information content (AvgIpc) is 2.99.